The van der Waals surface area contributed by atoms with E-state index in [0.717, 1.165) is 30.6 Å². The van der Waals surface area contributed by atoms with Gasteiger partial charge in [0, 0.05) is 0 Å². The standard InChI is InChI=1S/C21H32O/c1-4-14-6-8-18-17-7-5-15-13-16(22)9-11-21(15,3)19(17)10-12-20(14,18)2/h4,10,15-18,22H,5-9,11-13H2,1-3H3/t15-,16?,17+,18+,20-,21+/m1/s1. The van der Waals surface area contributed by atoms with Crippen LogP contribution in [0.5, 0.6) is 0 Å². The molecule has 0 amide bonds. The van der Waals surface area contributed by atoms with Crippen molar-refractivity contribution in [1.82, 2.24) is 0 Å². The predicted molar refractivity (Wildman–Crippen MR) is 91.5 cm³/mol. The Kier molecular flexibility index (Phi) is 3.39. The van der Waals surface area contributed by atoms with Gasteiger partial charge in [-0.25, -0.2) is 0 Å². The monoisotopic (exact) mass is 300 g/mol. The molecule has 1 unspecified atom stereocenters. The maximum absolute atomic E-state index is 10.1. The first-order valence-electron chi connectivity index (χ1n) is 9.53. The summed E-state index contributed by atoms with van der Waals surface area (Å²) in [6.07, 6.45) is 15.0. The van der Waals surface area contributed by atoms with E-state index in [-0.39, 0.29) is 6.10 Å². The molecule has 3 fully saturated rings. The first-order valence-corrected chi connectivity index (χ1v) is 9.53. The van der Waals surface area contributed by atoms with E-state index in [1.54, 1.807) is 11.1 Å². The Morgan fingerprint density at radius 3 is 2.73 bits per heavy atom. The summed E-state index contributed by atoms with van der Waals surface area (Å²) in [4.78, 5) is 0. The SMILES string of the molecule is CC=C1CC[C@H]2[C@@H]3CC[C@@H]4CC(O)CC[C@]4(C)C3=CC[C@]12C. The highest BCUT2D eigenvalue weighted by Gasteiger charge is 2.55. The number of hydrogen-bond donors (Lipinski definition) is 1. The summed E-state index contributed by atoms with van der Waals surface area (Å²) in [5.41, 5.74) is 4.36. The van der Waals surface area contributed by atoms with Crippen LogP contribution in [0.25, 0.3) is 0 Å². The summed E-state index contributed by atoms with van der Waals surface area (Å²) < 4.78 is 0. The van der Waals surface area contributed by atoms with Crippen molar-refractivity contribution in [3.8, 4) is 0 Å². The zero-order chi connectivity index (χ0) is 15.5. The van der Waals surface area contributed by atoms with Gasteiger partial charge in [-0.2, -0.15) is 0 Å². The minimum Gasteiger partial charge on any atom is -0.393 e. The molecule has 1 nitrogen and oxygen atoms in total. The minimum absolute atomic E-state index is 0.0369. The molecular weight excluding hydrogens is 268 g/mol. The largest absolute Gasteiger partial charge is 0.393 e. The molecule has 0 aromatic rings. The molecule has 3 saturated carbocycles. The van der Waals surface area contributed by atoms with Crippen molar-refractivity contribution >= 4 is 0 Å². The zero-order valence-corrected chi connectivity index (χ0v) is 14.6. The van der Waals surface area contributed by atoms with Crippen molar-refractivity contribution in [2.45, 2.75) is 78.2 Å². The topological polar surface area (TPSA) is 20.2 Å². The van der Waals surface area contributed by atoms with E-state index in [1.165, 1.54) is 38.5 Å². The van der Waals surface area contributed by atoms with Gasteiger partial charge in [-0.05, 0) is 86.9 Å². The van der Waals surface area contributed by atoms with Crippen LogP contribution in [0.15, 0.2) is 23.3 Å². The molecule has 0 aromatic carbocycles. The number of hydrogen-bond acceptors (Lipinski definition) is 1. The van der Waals surface area contributed by atoms with E-state index in [4.69, 9.17) is 0 Å². The summed E-state index contributed by atoms with van der Waals surface area (Å²) in [6, 6.07) is 0. The van der Waals surface area contributed by atoms with Crippen molar-refractivity contribution in [2.24, 2.45) is 28.6 Å². The van der Waals surface area contributed by atoms with Crippen LogP contribution >= 0.6 is 0 Å². The van der Waals surface area contributed by atoms with Gasteiger partial charge in [0.25, 0.3) is 0 Å². The fourth-order valence-corrected chi connectivity index (χ4v) is 6.83. The second-order valence-corrected chi connectivity index (χ2v) is 8.97. The lowest BCUT2D eigenvalue weighted by Gasteiger charge is -2.56. The highest BCUT2D eigenvalue weighted by Crippen LogP contribution is 2.65. The zero-order valence-electron chi connectivity index (χ0n) is 14.6. The van der Waals surface area contributed by atoms with Gasteiger partial charge in [0.05, 0.1) is 6.10 Å². The Bertz CT molecular complexity index is 530. The van der Waals surface area contributed by atoms with Crippen LogP contribution in [-0.2, 0) is 0 Å². The maximum atomic E-state index is 10.1. The van der Waals surface area contributed by atoms with E-state index < -0.39 is 0 Å². The lowest BCUT2D eigenvalue weighted by atomic mass is 9.49. The summed E-state index contributed by atoms with van der Waals surface area (Å²) in [6.45, 7) is 7.30. The summed E-state index contributed by atoms with van der Waals surface area (Å²) >= 11 is 0. The van der Waals surface area contributed by atoms with E-state index in [2.05, 4.69) is 32.9 Å². The molecule has 0 heterocycles. The van der Waals surface area contributed by atoms with Gasteiger partial charge >= 0.3 is 0 Å². The second kappa shape index (κ2) is 4.97. The van der Waals surface area contributed by atoms with Gasteiger partial charge in [-0.3, -0.25) is 0 Å². The summed E-state index contributed by atoms with van der Waals surface area (Å²) in [5.74, 6) is 2.43. The van der Waals surface area contributed by atoms with E-state index in [0.29, 0.717) is 10.8 Å². The second-order valence-electron chi connectivity index (χ2n) is 8.97. The average molecular weight is 300 g/mol. The molecule has 22 heavy (non-hydrogen) atoms. The smallest absolute Gasteiger partial charge is 0.0543 e. The molecule has 0 bridgehead atoms. The fraction of sp³-hybridized carbons (Fsp3) is 0.810. The summed E-state index contributed by atoms with van der Waals surface area (Å²) in [5, 5.41) is 10.1. The predicted octanol–water partition coefficient (Wildman–Crippen LogP) is 5.26. The van der Waals surface area contributed by atoms with Crippen molar-refractivity contribution in [3.05, 3.63) is 23.3 Å². The number of allylic oxidation sites excluding steroid dienone is 4. The van der Waals surface area contributed by atoms with Gasteiger partial charge in [-0.1, -0.05) is 37.1 Å². The van der Waals surface area contributed by atoms with Crippen molar-refractivity contribution < 1.29 is 5.11 Å². The Morgan fingerprint density at radius 1 is 1.14 bits per heavy atom. The molecule has 0 saturated heterocycles. The molecule has 1 N–H and O–H groups in total. The van der Waals surface area contributed by atoms with Gasteiger partial charge in [0.1, 0.15) is 0 Å². The molecule has 122 valence electrons. The van der Waals surface area contributed by atoms with Crippen LogP contribution < -0.4 is 0 Å². The third-order valence-corrected chi connectivity index (χ3v) is 8.20. The minimum atomic E-state index is -0.0369. The molecule has 0 aliphatic heterocycles. The number of fused-ring (bicyclic) bond motifs is 5. The van der Waals surface area contributed by atoms with E-state index in [1.807, 2.05) is 0 Å². The molecule has 4 aliphatic rings. The van der Waals surface area contributed by atoms with Crippen molar-refractivity contribution in [1.29, 1.82) is 0 Å². The Balaban J connectivity index is 1.71. The quantitative estimate of drug-likeness (QED) is 0.605. The van der Waals surface area contributed by atoms with Gasteiger partial charge in [0.15, 0.2) is 0 Å². The molecule has 4 rings (SSSR count). The van der Waals surface area contributed by atoms with Gasteiger partial charge in [0.2, 0.25) is 0 Å². The maximum Gasteiger partial charge on any atom is 0.0543 e. The highest BCUT2D eigenvalue weighted by molar-refractivity contribution is 5.34. The number of rotatable bonds is 0. The summed E-state index contributed by atoms with van der Waals surface area (Å²) in [7, 11) is 0. The van der Waals surface area contributed by atoms with Crippen LogP contribution in [0.4, 0.5) is 0 Å². The van der Waals surface area contributed by atoms with Crippen molar-refractivity contribution in [2.75, 3.05) is 0 Å². The number of aliphatic hydroxyl groups excluding tert-OH is 1. The molecule has 1 heteroatoms. The molecule has 0 spiro atoms. The first kappa shape index (κ1) is 15.0. The van der Waals surface area contributed by atoms with Crippen LogP contribution in [0.1, 0.15) is 72.1 Å². The van der Waals surface area contributed by atoms with Gasteiger partial charge in [-0.15, -0.1) is 0 Å². The normalized spacial score (nSPS) is 52.7. The molecule has 0 radical (unpaired) electrons. The molecule has 4 aliphatic carbocycles. The molecule has 0 aromatic heterocycles. The lowest BCUT2D eigenvalue weighted by Crippen LogP contribution is -2.47. The van der Waals surface area contributed by atoms with E-state index in [9.17, 15) is 5.11 Å². The third kappa shape index (κ3) is 1.87. The van der Waals surface area contributed by atoms with Crippen LogP contribution in [-0.4, -0.2) is 11.2 Å². The Labute approximate surface area is 135 Å². The van der Waals surface area contributed by atoms with Crippen LogP contribution in [0.2, 0.25) is 0 Å². The molecular formula is C21H32O. The van der Waals surface area contributed by atoms with Gasteiger partial charge < -0.3 is 5.11 Å². The lowest BCUT2D eigenvalue weighted by molar-refractivity contribution is -0.00472. The van der Waals surface area contributed by atoms with Crippen LogP contribution in [0.3, 0.4) is 0 Å². The number of aliphatic hydroxyl groups is 1. The average Bonchev–Trinajstić information content (AvgIpc) is 2.84. The van der Waals surface area contributed by atoms with E-state index >= 15 is 0 Å². The highest BCUT2D eigenvalue weighted by atomic mass is 16.3. The molecule has 6 atom stereocenters. The fourth-order valence-electron chi connectivity index (χ4n) is 6.83. The Hall–Kier alpha value is -0.560. The first-order chi connectivity index (χ1) is 10.5. The Morgan fingerprint density at radius 2 is 1.95 bits per heavy atom. The third-order valence-electron chi connectivity index (χ3n) is 8.20. The van der Waals surface area contributed by atoms with Crippen LogP contribution in [0, 0.1) is 28.6 Å². The van der Waals surface area contributed by atoms with Crippen molar-refractivity contribution in [3.63, 3.8) is 0 Å².